The number of ether oxygens (including phenoxy) is 1. The van der Waals surface area contributed by atoms with Gasteiger partial charge in [0.1, 0.15) is 11.6 Å². The number of epoxide rings is 1. The van der Waals surface area contributed by atoms with Crippen molar-refractivity contribution in [2.24, 2.45) is 23.7 Å². The third kappa shape index (κ3) is 5.00. The number of aliphatic hydroxyl groups excluding tert-OH is 3. The summed E-state index contributed by atoms with van der Waals surface area (Å²) in [5.74, 6) is -2.56. The third-order valence-corrected chi connectivity index (χ3v) is 5.79. The highest BCUT2D eigenvalue weighted by Crippen LogP contribution is 2.49. The molecule has 0 radical (unpaired) electrons. The summed E-state index contributed by atoms with van der Waals surface area (Å²) >= 11 is 0. The molecule has 1 rings (SSSR count). The Morgan fingerprint density at radius 3 is 2.23 bits per heavy atom. The van der Waals surface area contributed by atoms with Crippen molar-refractivity contribution >= 4 is 11.6 Å². The summed E-state index contributed by atoms with van der Waals surface area (Å²) in [6.07, 6.45) is 2.79. The van der Waals surface area contributed by atoms with Crippen molar-refractivity contribution < 1.29 is 29.6 Å². The van der Waals surface area contributed by atoms with Crippen molar-refractivity contribution in [3.8, 4) is 0 Å². The molecule has 1 heterocycles. The third-order valence-electron chi connectivity index (χ3n) is 5.79. The number of Topliss-reactive ketones (excluding diaryl/α,β-unsaturated/α-hetero) is 2. The van der Waals surface area contributed by atoms with E-state index in [1.54, 1.807) is 6.92 Å². The molecule has 0 aromatic carbocycles. The second kappa shape index (κ2) is 9.74. The summed E-state index contributed by atoms with van der Waals surface area (Å²) in [7, 11) is 0. The van der Waals surface area contributed by atoms with E-state index in [4.69, 9.17) is 4.74 Å². The minimum absolute atomic E-state index is 0.0466. The summed E-state index contributed by atoms with van der Waals surface area (Å²) in [6.45, 7) is 8.47. The maximum absolute atomic E-state index is 12.9. The van der Waals surface area contributed by atoms with Gasteiger partial charge in [-0.15, -0.1) is 0 Å². The largest absolute Gasteiger partial charge is 0.396 e. The maximum Gasteiger partial charge on any atom is 0.146 e. The number of allylic oxidation sites excluding steroid dienone is 1. The van der Waals surface area contributed by atoms with Crippen LogP contribution in [-0.4, -0.2) is 57.9 Å². The fraction of sp³-hybridized carbons (Fsp3) is 0.800. The number of carbonyl (C=O) groups is 2. The minimum Gasteiger partial charge on any atom is -0.396 e. The standard InChI is InChI=1S/C20H34O6/c1-6-8-12(3)19-20(5,26-19)13(4)15(10-21)18(25)16(11-22)17(24)9-14(23)7-2/h6,8,12-13,15-17,19,21-22,24H,7,9-11H2,1-5H3/b8-6-/t12-,13-,15+,16-,17?,19+,20?/m0/s1. The first-order valence-electron chi connectivity index (χ1n) is 9.43. The molecule has 1 saturated heterocycles. The van der Waals surface area contributed by atoms with Gasteiger partial charge in [-0.2, -0.15) is 0 Å². The van der Waals surface area contributed by atoms with Gasteiger partial charge < -0.3 is 20.1 Å². The first-order chi connectivity index (χ1) is 12.2. The van der Waals surface area contributed by atoms with Gasteiger partial charge in [0.05, 0.1) is 36.9 Å². The Hall–Kier alpha value is -1.08. The first-order valence-corrected chi connectivity index (χ1v) is 9.43. The first kappa shape index (κ1) is 23.0. The van der Waals surface area contributed by atoms with Gasteiger partial charge in [-0.05, 0) is 19.8 Å². The van der Waals surface area contributed by atoms with E-state index < -0.39 is 42.5 Å². The molecule has 6 nitrogen and oxygen atoms in total. The van der Waals surface area contributed by atoms with Crippen molar-refractivity contribution in [3.63, 3.8) is 0 Å². The van der Waals surface area contributed by atoms with E-state index in [0.717, 1.165) is 0 Å². The highest BCUT2D eigenvalue weighted by atomic mass is 16.6. The molecule has 6 heteroatoms. The molecular weight excluding hydrogens is 336 g/mol. The number of hydrogen-bond acceptors (Lipinski definition) is 6. The van der Waals surface area contributed by atoms with Crippen LogP contribution in [-0.2, 0) is 14.3 Å². The van der Waals surface area contributed by atoms with Gasteiger partial charge >= 0.3 is 0 Å². The number of hydrogen-bond donors (Lipinski definition) is 3. The number of carbonyl (C=O) groups excluding carboxylic acids is 2. The van der Waals surface area contributed by atoms with Crippen LogP contribution in [0.4, 0.5) is 0 Å². The van der Waals surface area contributed by atoms with Gasteiger partial charge in [0.2, 0.25) is 0 Å². The number of rotatable bonds is 12. The van der Waals surface area contributed by atoms with Gasteiger partial charge in [-0.25, -0.2) is 0 Å². The van der Waals surface area contributed by atoms with E-state index in [1.165, 1.54) is 0 Å². The lowest BCUT2D eigenvalue weighted by molar-refractivity contribution is -0.137. The van der Waals surface area contributed by atoms with E-state index in [2.05, 4.69) is 0 Å². The molecule has 0 aromatic heterocycles. The monoisotopic (exact) mass is 370 g/mol. The van der Waals surface area contributed by atoms with E-state index in [-0.39, 0.29) is 36.6 Å². The van der Waals surface area contributed by atoms with Crippen LogP contribution in [0.2, 0.25) is 0 Å². The maximum atomic E-state index is 12.9. The summed E-state index contributed by atoms with van der Waals surface area (Å²) in [5, 5.41) is 29.6. The lowest BCUT2D eigenvalue weighted by atomic mass is 9.74. The van der Waals surface area contributed by atoms with E-state index in [1.807, 2.05) is 39.8 Å². The lowest BCUT2D eigenvalue weighted by Gasteiger charge is -2.29. The fourth-order valence-electron chi connectivity index (χ4n) is 3.73. The average molecular weight is 370 g/mol. The summed E-state index contributed by atoms with van der Waals surface area (Å²) in [6, 6.07) is 0. The van der Waals surface area contributed by atoms with Gasteiger partial charge in [-0.3, -0.25) is 9.59 Å². The number of aliphatic hydroxyl groups is 3. The van der Waals surface area contributed by atoms with E-state index >= 15 is 0 Å². The Morgan fingerprint density at radius 2 is 1.77 bits per heavy atom. The van der Waals surface area contributed by atoms with Crippen LogP contribution in [0.25, 0.3) is 0 Å². The molecule has 7 atom stereocenters. The molecule has 0 bridgehead atoms. The van der Waals surface area contributed by atoms with Crippen LogP contribution in [0.1, 0.15) is 47.5 Å². The molecule has 26 heavy (non-hydrogen) atoms. The zero-order valence-electron chi connectivity index (χ0n) is 16.5. The van der Waals surface area contributed by atoms with Crippen LogP contribution in [0.5, 0.6) is 0 Å². The van der Waals surface area contributed by atoms with Crippen LogP contribution in [0, 0.1) is 23.7 Å². The molecule has 0 spiro atoms. The van der Waals surface area contributed by atoms with Crippen molar-refractivity contribution in [2.45, 2.75) is 65.3 Å². The predicted octanol–water partition coefficient (Wildman–Crippen LogP) is 1.51. The highest BCUT2D eigenvalue weighted by molar-refractivity contribution is 5.86. The Labute approximate surface area is 156 Å². The minimum atomic E-state index is -1.24. The van der Waals surface area contributed by atoms with Crippen LogP contribution in [0.3, 0.4) is 0 Å². The van der Waals surface area contributed by atoms with Gasteiger partial charge in [0.15, 0.2) is 0 Å². The van der Waals surface area contributed by atoms with E-state index in [9.17, 15) is 24.9 Å². The molecule has 150 valence electrons. The zero-order chi connectivity index (χ0) is 20.1. The molecule has 1 aliphatic rings. The molecule has 0 amide bonds. The topological polar surface area (TPSA) is 107 Å². The quantitative estimate of drug-likeness (QED) is 0.355. The summed E-state index contributed by atoms with van der Waals surface area (Å²) < 4.78 is 5.88. The average Bonchev–Trinajstić information content (AvgIpc) is 3.29. The van der Waals surface area contributed by atoms with Gasteiger partial charge in [0.25, 0.3) is 0 Å². The summed E-state index contributed by atoms with van der Waals surface area (Å²) in [5.41, 5.74) is -0.549. The molecule has 2 unspecified atom stereocenters. The normalized spacial score (nSPS) is 28.4. The Morgan fingerprint density at radius 1 is 1.19 bits per heavy atom. The van der Waals surface area contributed by atoms with Crippen molar-refractivity contribution in [1.29, 1.82) is 0 Å². The van der Waals surface area contributed by atoms with Gasteiger partial charge in [-0.1, -0.05) is 32.9 Å². The Kier molecular flexibility index (Phi) is 8.60. The molecule has 0 aliphatic carbocycles. The Bertz CT molecular complexity index is 516. The zero-order valence-corrected chi connectivity index (χ0v) is 16.5. The second-order valence-electron chi connectivity index (χ2n) is 7.54. The molecule has 0 aromatic rings. The van der Waals surface area contributed by atoms with E-state index in [0.29, 0.717) is 0 Å². The molecule has 3 N–H and O–H groups in total. The van der Waals surface area contributed by atoms with Crippen molar-refractivity contribution in [1.82, 2.24) is 0 Å². The van der Waals surface area contributed by atoms with Crippen LogP contribution < -0.4 is 0 Å². The van der Waals surface area contributed by atoms with Crippen LogP contribution >= 0.6 is 0 Å². The van der Waals surface area contributed by atoms with Crippen molar-refractivity contribution in [3.05, 3.63) is 12.2 Å². The summed E-state index contributed by atoms with van der Waals surface area (Å²) in [4.78, 5) is 24.4. The smallest absolute Gasteiger partial charge is 0.146 e. The van der Waals surface area contributed by atoms with Gasteiger partial charge in [0, 0.05) is 24.7 Å². The second-order valence-corrected chi connectivity index (χ2v) is 7.54. The molecule has 0 saturated carbocycles. The highest BCUT2D eigenvalue weighted by Gasteiger charge is 2.60. The number of ketones is 2. The lowest BCUT2D eigenvalue weighted by Crippen LogP contribution is -2.43. The van der Waals surface area contributed by atoms with Crippen LogP contribution in [0.15, 0.2) is 12.2 Å². The fourth-order valence-corrected chi connectivity index (χ4v) is 3.73. The van der Waals surface area contributed by atoms with Crippen molar-refractivity contribution in [2.75, 3.05) is 13.2 Å². The SMILES string of the molecule is C/C=C\[C@H](C)[C@H]1OC1(C)[C@@H](C)[C@@H](CO)C(=O)[C@@H](CO)C(O)CC(=O)CC. The molecule has 1 fully saturated rings. The molecule has 1 aliphatic heterocycles. The Balaban J connectivity index is 2.88. The predicted molar refractivity (Wildman–Crippen MR) is 98.5 cm³/mol. The molecular formula is C20H34O6.